The van der Waals surface area contributed by atoms with Crippen molar-refractivity contribution in [1.82, 2.24) is 9.71 Å². The van der Waals surface area contributed by atoms with Crippen molar-refractivity contribution in [3.05, 3.63) is 47.7 Å². The fourth-order valence-corrected chi connectivity index (χ4v) is 4.71. The third-order valence-corrected chi connectivity index (χ3v) is 6.86. The molecular weight excluding hydrogens is 388 g/mol. The molecule has 0 aliphatic heterocycles. The molecule has 156 valence electrons. The average molecular weight is 417 g/mol. The normalized spacial score (nSPS) is 14.7. The Kier molecular flexibility index (Phi) is 6.54. The molecule has 1 aliphatic rings. The number of hydrogen-bond acceptors (Lipinski definition) is 5. The van der Waals surface area contributed by atoms with E-state index in [0.29, 0.717) is 5.82 Å². The Bertz CT molecular complexity index is 968. The molecule has 7 nitrogen and oxygen atoms in total. The van der Waals surface area contributed by atoms with Crippen molar-refractivity contribution in [1.29, 1.82) is 0 Å². The van der Waals surface area contributed by atoms with Gasteiger partial charge in [0.15, 0.2) is 0 Å². The highest BCUT2D eigenvalue weighted by atomic mass is 32.2. The van der Waals surface area contributed by atoms with Crippen LogP contribution >= 0.6 is 0 Å². The van der Waals surface area contributed by atoms with Crippen molar-refractivity contribution in [3.63, 3.8) is 0 Å². The van der Waals surface area contributed by atoms with Crippen LogP contribution in [0.25, 0.3) is 0 Å². The first-order valence-corrected chi connectivity index (χ1v) is 11.3. The maximum absolute atomic E-state index is 12.5. The number of amides is 1. The smallest absolute Gasteiger partial charge is 0.243 e. The van der Waals surface area contributed by atoms with Gasteiger partial charge in [0.05, 0.1) is 6.54 Å². The van der Waals surface area contributed by atoms with Crippen LogP contribution in [0, 0.1) is 13.8 Å². The molecule has 0 saturated heterocycles. The van der Waals surface area contributed by atoms with Crippen LogP contribution < -0.4 is 14.9 Å². The third-order valence-electron chi connectivity index (χ3n) is 5.36. The standard InChI is InChI=1S/C21H28N4O3S/c1-15-7-6-10-19(16(15)2)23-21(26)14-25(3)20-12-11-18(13-22-20)29(27,28)24-17-8-4-5-9-17/h6-7,10-13,17,24H,4-5,8-9,14H2,1-3H3,(H,23,26). The lowest BCUT2D eigenvalue weighted by molar-refractivity contribution is -0.114. The van der Waals surface area contributed by atoms with Crippen LogP contribution in [0.3, 0.4) is 0 Å². The van der Waals surface area contributed by atoms with E-state index in [-0.39, 0.29) is 23.4 Å². The van der Waals surface area contributed by atoms with Crippen molar-refractivity contribution in [3.8, 4) is 0 Å². The van der Waals surface area contributed by atoms with Crippen molar-refractivity contribution < 1.29 is 13.2 Å². The molecule has 1 heterocycles. The Hall–Kier alpha value is -2.45. The van der Waals surface area contributed by atoms with Gasteiger partial charge in [0.2, 0.25) is 15.9 Å². The zero-order valence-electron chi connectivity index (χ0n) is 17.1. The minimum Gasteiger partial charge on any atom is -0.350 e. The number of carbonyl (C=O) groups is 1. The second-order valence-corrected chi connectivity index (χ2v) is 9.32. The number of carbonyl (C=O) groups excluding carboxylic acids is 1. The van der Waals surface area contributed by atoms with Crippen LogP contribution in [0.2, 0.25) is 0 Å². The number of sulfonamides is 1. The summed E-state index contributed by atoms with van der Waals surface area (Å²) in [5.41, 5.74) is 2.93. The van der Waals surface area contributed by atoms with Gasteiger partial charge in [-0.1, -0.05) is 25.0 Å². The van der Waals surface area contributed by atoms with Crippen LogP contribution in [0.1, 0.15) is 36.8 Å². The third kappa shape index (κ3) is 5.33. The van der Waals surface area contributed by atoms with E-state index in [9.17, 15) is 13.2 Å². The van der Waals surface area contributed by atoms with E-state index < -0.39 is 10.0 Å². The molecule has 0 spiro atoms. The van der Waals surface area contributed by atoms with E-state index in [1.807, 2.05) is 32.0 Å². The number of anilines is 2. The first kappa shape index (κ1) is 21.3. The Labute approximate surface area is 172 Å². The number of hydrogen-bond donors (Lipinski definition) is 2. The largest absolute Gasteiger partial charge is 0.350 e. The van der Waals surface area contributed by atoms with Gasteiger partial charge in [-0.15, -0.1) is 0 Å². The second-order valence-electron chi connectivity index (χ2n) is 7.61. The Morgan fingerprint density at radius 3 is 2.55 bits per heavy atom. The molecule has 29 heavy (non-hydrogen) atoms. The molecule has 1 aromatic carbocycles. The summed E-state index contributed by atoms with van der Waals surface area (Å²) in [6, 6.07) is 8.93. The summed E-state index contributed by atoms with van der Waals surface area (Å²) in [5, 5.41) is 2.91. The lowest BCUT2D eigenvalue weighted by atomic mass is 10.1. The van der Waals surface area contributed by atoms with Crippen LogP contribution in [0.4, 0.5) is 11.5 Å². The van der Waals surface area contributed by atoms with Gasteiger partial charge in [-0.3, -0.25) is 4.79 Å². The lowest BCUT2D eigenvalue weighted by Gasteiger charge is -2.19. The van der Waals surface area contributed by atoms with E-state index in [2.05, 4.69) is 15.0 Å². The lowest BCUT2D eigenvalue weighted by Crippen LogP contribution is -2.33. The molecule has 1 aromatic heterocycles. The van der Waals surface area contributed by atoms with Crippen LogP contribution in [0.5, 0.6) is 0 Å². The molecule has 1 aliphatic carbocycles. The van der Waals surface area contributed by atoms with Crippen LogP contribution in [-0.2, 0) is 14.8 Å². The van der Waals surface area contributed by atoms with E-state index >= 15 is 0 Å². The molecule has 0 bridgehead atoms. The highest BCUT2D eigenvalue weighted by molar-refractivity contribution is 7.89. The maximum atomic E-state index is 12.5. The first-order valence-electron chi connectivity index (χ1n) is 9.82. The molecule has 2 aromatic rings. The minimum atomic E-state index is -3.57. The van der Waals surface area contributed by atoms with E-state index in [0.717, 1.165) is 42.5 Å². The number of likely N-dealkylation sites (N-methyl/N-ethyl adjacent to an activating group) is 1. The van der Waals surface area contributed by atoms with Gasteiger partial charge in [-0.05, 0) is 56.0 Å². The maximum Gasteiger partial charge on any atom is 0.243 e. The number of rotatable bonds is 7. The predicted octanol–water partition coefficient (Wildman–Crippen LogP) is 2.99. The SMILES string of the molecule is Cc1cccc(NC(=O)CN(C)c2ccc(S(=O)(=O)NC3CCCC3)cn2)c1C. The summed E-state index contributed by atoms with van der Waals surface area (Å²) in [6.07, 6.45) is 5.20. The minimum absolute atomic E-state index is 0.0103. The molecular formula is C21H28N4O3S. The highest BCUT2D eigenvalue weighted by Crippen LogP contribution is 2.21. The number of nitrogens with one attached hydrogen (secondary N) is 2. The summed E-state index contributed by atoms with van der Waals surface area (Å²) in [4.78, 5) is 18.5. The zero-order chi connectivity index (χ0) is 21.0. The van der Waals surface area contributed by atoms with Gasteiger partial charge in [-0.2, -0.15) is 0 Å². The van der Waals surface area contributed by atoms with E-state index in [4.69, 9.17) is 0 Å². The molecule has 1 saturated carbocycles. The molecule has 1 fully saturated rings. The van der Waals surface area contributed by atoms with Gasteiger partial charge < -0.3 is 10.2 Å². The predicted molar refractivity (Wildman–Crippen MR) is 115 cm³/mol. The van der Waals surface area contributed by atoms with Gasteiger partial charge >= 0.3 is 0 Å². The first-order chi connectivity index (χ1) is 13.8. The number of aryl methyl sites for hydroxylation is 1. The number of benzene rings is 1. The summed E-state index contributed by atoms with van der Waals surface area (Å²) in [7, 11) is -1.82. The molecule has 0 radical (unpaired) electrons. The van der Waals surface area contributed by atoms with Gasteiger partial charge in [0.1, 0.15) is 10.7 Å². The average Bonchev–Trinajstić information content (AvgIpc) is 3.18. The van der Waals surface area contributed by atoms with Crippen molar-refractivity contribution in [2.24, 2.45) is 0 Å². The number of pyridine rings is 1. The van der Waals surface area contributed by atoms with Gasteiger partial charge in [0, 0.05) is 25.0 Å². The quantitative estimate of drug-likeness (QED) is 0.724. The number of nitrogens with zero attached hydrogens (tertiary/aromatic N) is 2. The van der Waals surface area contributed by atoms with Crippen molar-refractivity contribution in [2.45, 2.75) is 50.5 Å². The summed E-state index contributed by atoms with van der Waals surface area (Å²) < 4.78 is 27.7. The summed E-state index contributed by atoms with van der Waals surface area (Å²) in [5.74, 6) is 0.364. The Morgan fingerprint density at radius 2 is 1.90 bits per heavy atom. The fraction of sp³-hybridized carbons (Fsp3) is 0.429. The zero-order valence-corrected chi connectivity index (χ0v) is 17.9. The topological polar surface area (TPSA) is 91.4 Å². The summed E-state index contributed by atoms with van der Waals surface area (Å²) in [6.45, 7) is 4.07. The molecule has 8 heteroatoms. The Balaban J connectivity index is 1.61. The Morgan fingerprint density at radius 1 is 1.17 bits per heavy atom. The van der Waals surface area contributed by atoms with E-state index in [1.54, 1.807) is 18.0 Å². The van der Waals surface area contributed by atoms with Gasteiger partial charge in [0.25, 0.3) is 0 Å². The molecule has 0 unspecified atom stereocenters. The summed E-state index contributed by atoms with van der Waals surface area (Å²) >= 11 is 0. The molecule has 0 atom stereocenters. The highest BCUT2D eigenvalue weighted by Gasteiger charge is 2.23. The molecule has 3 rings (SSSR count). The second kappa shape index (κ2) is 8.92. The number of aromatic nitrogens is 1. The monoisotopic (exact) mass is 416 g/mol. The molecule has 2 N–H and O–H groups in total. The van der Waals surface area contributed by atoms with E-state index in [1.165, 1.54) is 12.3 Å². The van der Waals surface area contributed by atoms with Crippen molar-refractivity contribution >= 4 is 27.4 Å². The van der Waals surface area contributed by atoms with Gasteiger partial charge in [-0.25, -0.2) is 18.1 Å². The molecule has 1 amide bonds. The van der Waals surface area contributed by atoms with Crippen LogP contribution in [-0.4, -0.2) is 38.9 Å². The van der Waals surface area contributed by atoms with Crippen molar-refractivity contribution in [2.75, 3.05) is 23.8 Å². The van der Waals surface area contributed by atoms with Crippen LogP contribution in [0.15, 0.2) is 41.4 Å². The fourth-order valence-electron chi connectivity index (χ4n) is 3.46.